The number of aromatic carboxylic acids is 1. The van der Waals surface area contributed by atoms with Crippen molar-refractivity contribution in [2.45, 2.75) is 12.6 Å². The third kappa shape index (κ3) is 4.33. The summed E-state index contributed by atoms with van der Waals surface area (Å²) in [6.45, 7) is -0.0346. The molecule has 2 heterocycles. The summed E-state index contributed by atoms with van der Waals surface area (Å²) in [6, 6.07) is 10.9. The van der Waals surface area contributed by atoms with E-state index < -0.39 is 29.5 Å². The van der Waals surface area contributed by atoms with Crippen LogP contribution in [0.5, 0.6) is 11.5 Å². The zero-order chi connectivity index (χ0) is 25.3. The van der Waals surface area contributed by atoms with E-state index in [1.165, 1.54) is 49.6 Å². The van der Waals surface area contributed by atoms with Gasteiger partial charge in [-0.05, 0) is 35.9 Å². The quantitative estimate of drug-likeness (QED) is 0.281. The van der Waals surface area contributed by atoms with Gasteiger partial charge in [-0.25, -0.2) is 4.79 Å². The van der Waals surface area contributed by atoms with Crippen LogP contribution in [-0.4, -0.2) is 47.0 Å². The summed E-state index contributed by atoms with van der Waals surface area (Å²) < 4.78 is 16.1. The molecule has 9 nitrogen and oxygen atoms in total. The highest BCUT2D eigenvalue weighted by atomic mass is 35.5. The van der Waals surface area contributed by atoms with E-state index in [-0.39, 0.29) is 39.8 Å². The van der Waals surface area contributed by atoms with E-state index in [0.717, 1.165) is 0 Å². The molecule has 1 aromatic heterocycles. The Balaban J connectivity index is 1.83. The van der Waals surface area contributed by atoms with Crippen LogP contribution in [0.25, 0.3) is 5.76 Å². The minimum absolute atomic E-state index is 0.0346. The van der Waals surface area contributed by atoms with E-state index in [9.17, 15) is 19.5 Å². The third-order valence-corrected chi connectivity index (χ3v) is 5.93. The Hall–Kier alpha value is -4.24. The molecule has 0 saturated carbocycles. The van der Waals surface area contributed by atoms with Gasteiger partial charge in [-0.1, -0.05) is 23.7 Å². The first kappa shape index (κ1) is 23.9. The number of rotatable bonds is 7. The van der Waals surface area contributed by atoms with Gasteiger partial charge in [0.2, 0.25) is 0 Å². The Bertz CT molecular complexity index is 1330. The predicted octanol–water partition coefficient (Wildman–Crippen LogP) is 4.27. The molecule has 1 unspecified atom stereocenters. The minimum Gasteiger partial charge on any atom is -0.507 e. The summed E-state index contributed by atoms with van der Waals surface area (Å²) in [5.41, 5.74) is 0.561. The van der Waals surface area contributed by atoms with E-state index in [1.807, 2.05) is 0 Å². The second-order valence-electron chi connectivity index (χ2n) is 7.63. The van der Waals surface area contributed by atoms with Crippen molar-refractivity contribution in [1.82, 2.24) is 4.90 Å². The third-order valence-electron chi connectivity index (χ3n) is 5.64. The number of carbonyl (C=O) groups is 3. The molecule has 0 spiro atoms. The van der Waals surface area contributed by atoms with Crippen LogP contribution in [0.15, 0.2) is 64.8 Å². The fourth-order valence-electron chi connectivity index (χ4n) is 3.93. The van der Waals surface area contributed by atoms with Crippen molar-refractivity contribution in [1.29, 1.82) is 0 Å². The van der Waals surface area contributed by atoms with Gasteiger partial charge in [0, 0.05) is 12.6 Å². The van der Waals surface area contributed by atoms with Crippen molar-refractivity contribution in [3.8, 4) is 11.5 Å². The maximum absolute atomic E-state index is 13.2. The lowest BCUT2D eigenvalue weighted by Crippen LogP contribution is -2.29. The number of ketones is 1. The van der Waals surface area contributed by atoms with E-state index >= 15 is 0 Å². The maximum Gasteiger partial charge on any atom is 0.335 e. The highest BCUT2D eigenvalue weighted by Crippen LogP contribution is 2.43. The summed E-state index contributed by atoms with van der Waals surface area (Å²) in [5.74, 6) is -2.61. The number of carboxylic acid groups (broad SMARTS) is 1. The van der Waals surface area contributed by atoms with Crippen LogP contribution >= 0.6 is 11.6 Å². The molecule has 1 saturated heterocycles. The standard InChI is InChI=1S/C25H20ClNO8/c1-33-18-11-19(34-2)16(26)10-15(18)22(28)20-21(17-4-3-9-35-17)27(24(30)23(20)29)12-13-5-7-14(8-6-13)25(31)32/h3-11,21,28H,12H2,1-2H3,(H,31,32)/b22-20-. The van der Waals surface area contributed by atoms with Crippen molar-refractivity contribution >= 4 is 35.0 Å². The average Bonchev–Trinajstić information content (AvgIpc) is 3.46. The van der Waals surface area contributed by atoms with Crippen LogP contribution in [0.1, 0.15) is 33.3 Å². The number of aliphatic hydroxyl groups excluding tert-OH is 1. The van der Waals surface area contributed by atoms with Gasteiger partial charge in [-0.3, -0.25) is 9.59 Å². The number of furan rings is 1. The number of benzene rings is 2. The van der Waals surface area contributed by atoms with Gasteiger partial charge in [0.15, 0.2) is 0 Å². The van der Waals surface area contributed by atoms with Crippen molar-refractivity contribution < 1.29 is 38.5 Å². The topological polar surface area (TPSA) is 127 Å². The lowest BCUT2D eigenvalue weighted by molar-refractivity contribution is -0.140. The van der Waals surface area contributed by atoms with E-state index in [4.69, 9.17) is 30.6 Å². The molecular weight excluding hydrogens is 478 g/mol. The molecule has 2 N–H and O–H groups in total. The number of halogens is 1. The average molecular weight is 498 g/mol. The Morgan fingerprint density at radius 1 is 1.06 bits per heavy atom. The van der Waals surface area contributed by atoms with Crippen LogP contribution in [0, 0.1) is 0 Å². The second kappa shape index (κ2) is 9.55. The summed E-state index contributed by atoms with van der Waals surface area (Å²) >= 11 is 6.24. The summed E-state index contributed by atoms with van der Waals surface area (Å²) in [6.07, 6.45) is 1.39. The summed E-state index contributed by atoms with van der Waals surface area (Å²) in [7, 11) is 2.80. The zero-order valence-corrected chi connectivity index (χ0v) is 19.4. The smallest absolute Gasteiger partial charge is 0.335 e. The molecule has 1 fully saturated rings. The normalized spacial score (nSPS) is 17.0. The van der Waals surface area contributed by atoms with Gasteiger partial charge < -0.3 is 29.0 Å². The molecular formula is C25H20ClNO8. The van der Waals surface area contributed by atoms with Crippen molar-refractivity contribution in [2.24, 2.45) is 0 Å². The van der Waals surface area contributed by atoms with Crippen LogP contribution in [0.2, 0.25) is 5.02 Å². The monoisotopic (exact) mass is 497 g/mol. The van der Waals surface area contributed by atoms with Gasteiger partial charge in [0.05, 0.1) is 42.2 Å². The molecule has 1 atom stereocenters. The lowest BCUT2D eigenvalue weighted by Gasteiger charge is -2.23. The predicted molar refractivity (Wildman–Crippen MR) is 125 cm³/mol. The largest absolute Gasteiger partial charge is 0.507 e. The SMILES string of the molecule is COc1cc(OC)c(/C(O)=C2/C(=O)C(=O)N(Cc3ccc(C(=O)O)cc3)C2c2ccco2)cc1Cl. The molecule has 0 bridgehead atoms. The van der Waals surface area contributed by atoms with E-state index in [2.05, 4.69) is 0 Å². The Labute approximate surface area is 204 Å². The Kier molecular flexibility index (Phi) is 6.52. The van der Waals surface area contributed by atoms with Crippen LogP contribution in [0.3, 0.4) is 0 Å². The zero-order valence-electron chi connectivity index (χ0n) is 18.6. The number of carbonyl (C=O) groups excluding carboxylic acids is 2. The van der Waals surface area contributed by atoms with Crippen molar-refractivity contribution in [2.75, 3.05) is 14.2 Å². The van der Waals surface area contributed by atoms with Gasteiger partial charge in [0.25, 0.3) is 11.7 Å². The first-order chi connectivity index (χ1) is 16.8. The number of Topliss-reactive ketones (excluding diaryl/α,β-unsaturated/α-hetero) is 1. The molecule has 2 aromatic carbocycles. The number of methoxy groups -OCH3 is 2. The molecule has 0 radical (unpaired) electrons. The van der Waals surface area contributed by atoms with Crippen LogP contribution in [-0.2, 0) is 16.1 Å². The minimum atomic E-state index is -1.08. The molecule has 3 aromatic rings. The first-order valence-electron chi connectivity index (χ1n) is 10.3. The molecule has 1 amide bonds. The fraction of sp³-hybridized carbons (Fsp3) is 0.160. The number of aliphatic hydroxyl groups is 1. The van der Waals surface area contributed by atoms with Crippen LogP contribution < -0.4 is 9.47 Å². The highest BCUT2D eigenvalue weighted by molar-refractivity contribution is 6.46. The van der Waals surface area contributed by atoms with E-state index in [1.54, 1.807) is 24.3 Å². The van der Waals surface area contributed by atoms with E-state index in [0.29, 0.717) is 11.3 Å². The second-order valence-corrected chi connectivity index (χ2v) is 8.04. The maximum atomic E-state index is 13.2. The fourth-order valence-corrected chi connectivity index (χ4v) is 4.17. The molecule has 1 aliphatic rings. The van der Waals surface area contributed by atoms with Gasteiger partial charge in [-0.2, -0.15) is 0 Å². The number of carboxylic acids is 1. The number of ether oxygens (including phenoxy) is 2. The Morgan fingerprint density at radius 3 is 2.31 bits per heavy atom. The van der Waals surface area contributed by atoms with Gasteiger partial charge in [-0.15, -0.1) is 0 Å². The number of hydrogen-bond acceptors (Lipinski definition) is 7. The molecule has 0 aliphatic carbocycles. The summed E-state index contributed by atoms with van der Waals surface area (Å²) in [4.78, 5) is 38.6. The van der Waals surface area contributed by atoms with Gasteiger partial charge in [0.1, 0.15) is 29.1 Å². The number of hydrogen-bond donors (Lipinski definition) is 2. The Morgan fingerprint density at radius 2 is 1.74 bits per heavy atom. The van der Waals surface area contributed by atoms with Crippen molar-refractivity contribution in [3.05, 3.63) is 87.8 Å². The lowest BCUT2D eigenvalue weighted by atomic mass is 9.98. The highest BCUT2D eigenvalue weighted by Gasteiger charge is 2.47. The number of likely N-dealkylation sites (tertiary alicyclic amines) is 1. The van der Waals surface area contributed by atoms with Crippen molar-refractivity contribution in [3.63, 3.8) is 0 Å². The summed E-state index contributed by atoms with van der Waals surface area (Å²) in [5, 5.41) is 20.5. The number of amides is 1. The molecule has 35 heavy (non-hydrogen) atoms. The molecule has 1 aliphatic heterocycles. The molecule has 180 valence electrons. The molecule has 4 rings (SSSR count). The van der Waals surface area contributed by atoms with Gasteiger partial charge >= 0.3 is 5.97 Å². The first-order valence-corrected chi connectivity index (χ1v) is 10.7. The molecule has 10 heteroatoms. The number of nitrogens with zero attached hydrogens (tertiary/aromatic N) is 1. The van der Waals surface area contributed by atoms with Crippen LogP contribution in [0.4, 0.5) is 0 Å².